The van der Waals surface area contributed by atoms with Gasteiger partial charge in [-0.2, -0.15) is 0 Å². The summed E-state index contributed by atoms with van der Waals surface area (Å²) in [6, 6.07) is -0.811. The third-order valence-corrected chi connectivity index (χ3v) is 2.21. The number of nitrogens with one attached hydrogen (secondary N) is 2. The van der Waals surface area contributed by atoms with Crippen LogP contribution in [-0.4, -0.2) is 29.7 Å². The zero-order valence-corrected chi connectivity index (χ0v) is 10.5. The number of carboxylic acids is 1. The summed E-state index contributed by atoms with van der Waals surface area (Å²) in [6.45, 7) is 5.66. The molecule has 0 aromatic carbocycles. The van der Waals surface area contributed by atoms with Gasteiger partial charge in [0.25, 0.3) is 0 Å². The van der Waals surface area contributed by atoms with Crippen LogP contribution in [-0.2, 0) is 4.79 Å². The zero-order chi connectivity index (χ0) is 13.4. The van der Waals surface area contributed by atoms with Crippen molar-refractivity contribution in [1.82, 2.24) is 10.6 Å². The van der Waals surface area contributed by atoms with Crippen molar-refractivity contribution in [3.05, 3.63) is 0 Å². The maximum Gasteiger partial charge on any atom is 0.315 e. The lowest BCUT2D eigenvalue weighted by molar-refractivity contribution is -0.142. The van der Waals surface area contributed by atoms with Crippen LogP contribution >= 0.6 is 0 Å². The second-order valence-corrected chi connectivity index (χ2v) is 4.41. The lowest BCUT2D eigenvalue weighted by Gasteiger charge is -2.16. The normalized spacial score (nSPS) is 13.6. The van der Waals surface area contributed by atoms with Gasteiger partial charge in [0.05, 0.1) is 12.0 Å². The Hall–Kier alpha value is -1.70. The molecule has 0 bridgehead atoms. The highest BCUT2D eigenvalue weighted by Crippen LogP contribution is 2.10. The van der Waals surface area contributed by atoms with E-state index in [1.165, 1.54) is 0 Å². The van der Waals surface area contributed by atoms with Crippen molar-refractivity contribution in [2.24, 2.45) is 11.8 Å². The molecule has 0 aromatic rings. The molecule has 0 saturated carbocycles. The van der Waals surface area contributed by atoms with Crippen molar-refractivity contribution in [1.29, 1.82) is 0 Å². The third-order valence-electron chi connectivity index (χ3n) is 2.21. The van der Waals surface area contributed by atoms with Crippen LogP contribution in [0.1, 0.15) is 27.2 Å². The second-order valence-electron chi connectivity index (χ2n) is 4.41. The minimum absolute atomic E-state index is 0.108. The number of carbonyl (C=O) groups is 2. The first kappa shape index (κ1) is 15.3. The lowest BCUT2D eigenvalue weighted by Crippen LogP contribution is -2.43. The van der Waals surface area contributed by atoms with Gasteiger partial charge in [0.1, 0.15) is 0 Å². The van der Waals surface area contributed by atoms with E-state index in [0.29, 0.717) is 6.42 Å². The molecule has 0 radical (unpaired) electrons. The van der Waals surface area contributed by atoms with E-state index >= 15 is 0 Å². The molecule has 0 aliphatic rings. The zero-order valence-electron chi connectivity index (χ0n) is 10.5. The molecule has 0 spiro atoms. The van der Waals surface area contributed by atoms with Crippen molar-refractivity contribution in [3.8, 4) is 12.3 Å². The highest BCUT2D eigenvalue weighted by atomic mass is 16.4. The van der Waals surface area contributed by atoms with E-state index in [9.17, 15) is 9.59 Å². The Morgan fingerprint density at radius 2 is 1.94 bits per heavy atom. The van der Waals surface area contributed by atoms with E-state index in [1.54, 1.807) is 6.92 Å². The predicted molar refractivity (Wildman–Crippen MR) is 65.4 cm³/mol. The minimum atomic E-state index is -0.899. The van der Waals surface area contributed by atoms with Crippen molar-refractivity contribution in [2.75, 3.05) is 6.54 Å². The van der Waals surface area contributed by atoms with Crippen molar-refractivity contribution in [2.45, 2.75) is 33.2 Å². The van der Waals surface area contributed by atoms with Gasteiger partial charge in [-0.25, -0.2) is 4.79 Å². The number of terminal acetylenes is 1. The predicted octanol–water partition coefficient (Wildman–Crippen LogP) is 1.05. The van der Waals surface area contributed by atoms with E-state index in [4.69, 9.17) is 11.5 Å². The van der Waals surface area contributed by atoms with Crippen LogP contribution in [0.3, 0.4) is 0 Å². The molecule has 0 saturated heterocycles. The topological polar surface area (TPSA) is 78.4 Å². The fourth-order valence-corrected chi connectivity index (χ4v) is 1.35. The van der Waals surface area contributed by atoms with E-state index in [-0.39, 0.29) is 18.5 Å². The molecule has 0 heterocycles. The molecule has 96 valence electrons. The molecule has 0 fully saturated rings. The van der Waals surface area contributed by atoms with Gasteiger partial charge in [-0.05, 0) is 19.3 Å². The van der Waals surface area contributed by atoms with Crippen LogP contribution in [0, 0.1) is 24.2 Å². The van der Waals surface area contributed by atoms with Gasteiger partial charge in [0.15, 0.2) is 0 Å². The fourth-order valence-electron chi connectivity index (χ4n) is 1.35. The number of hydrogen-bond donors (Lipinski definition) is 3. The highest BCUT2D eigenvalue weighted by molar-refractivity contribution is 5.76. The van der Waals surface area contributed by atoms with Gasteiger partial charge in [0.2, 0.25) is 0 Å². The van der Waals surface area contributed by atoms with E-state index in [2.05, 4.69) is 16.6 Å². The molecule has 3 N–H and O–H groups in total. The SMILES string of the molecule is C#CC(C)NC(=O)NCC(CC(C)C)C(=O)O. The quantitative estimate of drug-likeness (QED) is 0.607. The Kier molecular flexibility index (Phi) is 6.80. The fraction of sp³-hybridized carbons (Fsp3) is 0.667. The van der Waals surface area contributed by atoms with Crippen LogP contribution in [0.25, 0.3) is 0 Å². The summed E-state index contributed by atoms with van der Waals surface area (Å²) in [5.41, 5.74) is 0. The first-order valence-corrected chi connectivity index (χ1v) is 5.60. The van der Waals surface area contributed by atoms with Crippen molar-refractivity contribution < 1.29 is 14.7 Å². The average Bonchev–Trinajstić information content (AvgIpc) is 2.23. The summed E-state index contributed by atoms with van der Waals surface area (Å²) in [7, 11) is 0. The Balaban J connectivity index is 4.09. The molecule has 5 nitrogen and oxygen atoms in total. The number of aliphatic carboxylic acids is 1. The monoisotopic (exact) mass is 240 g/mol. The van der Waals surface area contributed by atoms with Gasteiger partial charge >= 0.3 is 12.0 Å². The van der Waals surface area contributed by atoms with Gasteiger partial charge < -0.3 is 15.7 Å². The van der Waals surface area contributed by atoms with E-state index in [0.717, 1.165) is 0 Å². The van der Waals surface area contributed by atoms with Crippen LogP contribution in [0.4, 0.5) is 4.79 Å². The summed E-state index contributed by atoms with van der Waals surface area (Å²) in [5.74, 6) is 1.15. The molecule has 0 rings (SSSR count). The van der Waals surface area contributed by atoms with Crippen LogP contribution in [0.15, 0.2) is 0 Å². The molecule has 2 atom stereocenters. The summed E-state index contributed by atoms with van der Waals surface area (Å²) >= 11 is 0. The molecule has 0 aromatic heterocycles. The summed E-state index contributed by atoms with van der Waals surface area (Å²) < 4.78 is 0. The molecule has 0 aliphatic carbocycles. The van der Waals surface area contributed by atoms with E-state index in [1.807, 2.05) is 13.8 Å². The summed E-state index contributed by atoms with van der Waals surface area (Å²) in [5, 5.41) is 14.0. The number of amides is 2. The molecule has 2 unspecified atom stereocenters. The Morgan fingerprint density at radius 1 is 1.35 bits per heavy atom. The standard InChI is InChI=1S/C12H20N2O3/c1-5-9(4)14-12(17)13-7-10(11(15)16)6-8(2)3/h1,8-10H,6-7H2,2-4H3,(H,15,16)(H2,13,14,17). The first-order valence-electron chi connectivity index (χ1n) is 5.60. The third kappa shape index (κ3) is 7.23. The molecule has 2 amide bonds. The smallest absolute Gasteiger partial charge is 0.315 e. The number of urea groups is 1. The largest absolute Gasteiger partial charge is 0.481 e. The lowest BCUT2D eigenvalue weighted by atomic mass is 9.97. The van der Waals surface area contributed by atoms with Crippen molar-refractivity contribution in [3.63, 3.8) is 0 Å². The number of hydrogen-bond acceptors (Lipinski definition) is 2. The Bertz CT molecular complexity index is 307. The number of rotatable bonds is 6. The molecular formula is C12H20N2O3. The van der Waals surface area contributed by atoms with Crippen molar-refractivity contribution >= 4 is 12.0 Å². The molecule has 17 heavy (non-hydrogen) atoms. The Morgan fingerprint density at radius 3 is 2.35 bits per heavy atom. The van der Waals surface area contributed by atoms with E-state index < -0.39 is 17.9 Å². The summed E-state index contributed by atoms with van der Waals surface area (Å²) in [4.78, 5) is 22.2. The van der Waals surface area contributed by atoms with Crippen LogP contribution < -0.4 is 10.6 Å². The molecule has 5 heteroatoms. The first-order chi connectivity index (χ1) is 7.86. The highest BCUT2D eigenvalue weighted by Gasteiger charge is 2.19. The number of carbonyl (C=O) groups excluding carboxylic acids is 1. The molecular weight excluding hydrogens is 220 g/mol. The maximum atomic E-state index is 11.3. The van der Waals surface area contributed by atoms with Gasteiger partial charge in [-0.1, -0.05) is 19.8 Å². The number of carboxylic acid groups (broad SMARTS) is 1. The Labute approximate surface area is 102 Å². The van der Waals surface area contributed by atoms with Gasteiger partial charge in [0, 0.05) is 6.54 Å². The maximum absolute atomic E-state index is 11.3. The summed E-state index contributed by atoms with van der Waals surface area (Å²) in [6.07, 6.45) is 5.63. The van der Waals surface area contributed by atoms with Gasteiger partial charge in [-0.3, -0.25) is 4.79 Å². The average molecular weight is 240 g/mol. The molecule has 0 aliphatic heterocycles. The minimum Gasteiger partial charge on any atom is -0.481 e. The van der Waals surface area contributed by atoms with Crippen LogP contribution in [0.5, 0.6) is 0 Å². The van der Waals surface area contributed by atoms with Crippen LogP contribution in [0.2, 0.25) is 0 Å². The van der Waals surface area contributed by atoms with Gasteiger partial charge in [-0.15, -0.1) is 6.42 Å². The second kappa shape index (κ2) is 7.55.